The fourth-order valence-corrected chi connectivity index (χ4v) is 7.20. The van der Waals surface area contributed by atoms with Gasteiger partial charge < -0.3 is 14.2 Å². The number of unbranched alkanes of at least 4 members (excludes halogenated alkanes) is 25. The van der Waals surface area contributed by atoms with Gasteiger partial charge in [-0.25, -0.2) is 0 Å². The summed E-state index contributed by atoms with van der Waals surface area (Å²) in [5.74, 6) is -0.896. The first-order chi connectivity index (χ1) is 30.0. The second kappa shape index (κ2) is 49.8. The molecule has 0 N–H and O–H groups in total. The minimum atomic E-state index is -0.780. The summed E-state index contributed by atoms with van der Waals surface area (Å²) in [7, 11) is 0. The molecule has 6 nitrogen and oxygen atoms in total. The molecule has 1 unspecified atom stereocenters. The quantitative estimate of drug-likeness (QED) is 0.0263. The molecule has 1 atom stereocenters. The molecule has 0 aliphatic rings. The Bertz CT molecular complexity index is 1120. The smallest absolute Gasteiger partial charge is 0.306 e. The van der Waals surface area contributed by atoms with E-state index < -0.39 is 6.10 Å². The molecule has 0 aliphatic carbocycles. The summed E-state index contributed by atoms with van der Waals surface area (Å²) in [6.45, 7) is 6.41. The number of hydrogen-bond acceptors (Lipinski definition) is 6. The zero-order valence-corrected chi connectivity index (χ0v) is 40.2. The van der Waals surface area contributed by atoms with Gasteiger partial charge in [0.05, 0.1) is 0 Å². The fourth-order valence-electron chi connectivity index (χ4n) is 7.20. The van der Waals surface area contributed by atoms with Crippen LogP contribution in [0.2, 0.25) is 0 Å². The Morgan fingerprint density at radius 1 is 0.344 bits per heavy atom. The Hall–Kier alpha value is -2.89. The lowest BCUT2D eigenvalue weighted by Gasteiger charge is -2.18. The third-order valence-corrected chi connectivity index (χ3v) is 11.0. The van der Waals surface area contributed by atoms with E-state index in [1.165, 1.54) is 103 Å². The van der Waals surface area contributed by atoms with Crippen molar-refractivity contribution in [2.24, 2.45) is 0 Å². The molecule has 0 bridgehead atoms. The zero-order chi connectivity index (χ0) is 44.4. The van der Waals surface area contributed by atoms with Crippen LogP contribution in [0, 0.1) is 0 Å². The first kappa shape index (κ1) is 58.1. The average molecular weight is 853 g/mol. The number of carbonyl (C=O) groups is 3. The van der Waals surface area contributed by atoms with Crippen LogP contribution in [0.4, 0.5) is 0 Å². The van der Waals surface area contributed by atoms with Gasteiger partial charge in [0, 0.05) is 19.3 Å². The Labute approximate surface area is 377 Å². The summed E-state index contributed by atoms with van der Waals surface area (Å²) in [5, 5.41) is 0. The summed E-state index contributed by atoms with van der Waals surface area (Å²) in [6.07, 6.45) is 60.6. The van der Waals surface area contributed by atoms with Gasteiger partial charge in [-0.05, 0) is 77.0 Å². The highest BCUT2D eigenvalue weighted by Gasteiger charge is 2.19. The van der Waals surface area contributed by atoms with Crippen molar-refractivity contribution in [3.63, 3.8) is 0 Å². The van der Waals surface area contributed by atoms with Gasteiger partial charge in [-0.1, -0.05) is 216 Å². The maximum Gasteiger partial charge on any atom is 0.306 e. The number of esters is 3. The van der Waals surface area contributed by atoms with Crippen LogP contribution in [0.15, 0.2) is 60.8 Å². The van der Waals surface area contributed by atoms with Crippen LogP contribution in [0.1, 0.15) is 252 Å². The summed E-state index contributed by atoms with van der Waals surface area (Å²) in [4.78, 5) is 37.9. The summed E-state index contributed by atoms with van der Waals surface area (Å²) >= 11 is 0. The lowest BCUT2D eigenvalue weighted by Crippen LogP contribution is -2.30. The largest absolute Gasteiger partial charge is 0.462 e. The molecule has 0 amide bonds. The molecule has 0 fully saturated rings. The van der Waals surface area contributed by atoms with Crippen molar-refractivity contribution in [3.8, 4) is 0 Å². The molecule has 0 heterocycles. The number of allylic oxidation sites excluding steroid dienone is 10. The molecule has 0 aromatic carbocycles. The molecule has 61 heavy (non-hydrogen) atoms. The molecular formula is C55H96O6. The molecule has 0 saturated heterocycles. The Morgan fingerprint density at radius 2 is 0.639 bits per heavy atom. The third kappa shape index (κ3) is 48.0. The normalized spacial score (nSPS) is 12.5. The molecular weight excluding hydrogens is 757 g/mol. The number of carbonyl (C=O) groups excluding carboxylic acids is 3. The standard InChI is InChI=1S/C55H96O6/c1-4-7-10-13-16-19-22-25-26-27-28-29-30-31-34-36-39-42-45-48-54(57)60-51-52(61-55(58)49-46-43-40-37-33-24-21-18-15-12-9-6-3)50-59-53(56)47-44-41-38-35-32-23-20-17-14-11-8-5-2/h7,9-10,12,16,18-19,21,25-26,52H,4-6,8,11,13-15,17,20,22-24,27-51H2,1-3H3/b10-7-,12-9-,19-16-,21-18-,26-25-. The fraction of sp³-hybridized carbons (Fsp3) is 0.764. The molecule has 0 aromatic heterocycles. The number of rotatable bonds is 46. The van der Waals surface area contributed by atoms with Gasteiger partial charge >= 0.3 is 17.9 Å². The minimum Gasteiger partial charge on any atom is -0.462 e. The van der Waals surface area contributed by atoms with Crippen molar-refractivity contribution in [1.29, 1.82) is 0 Å². The van der Waals surface area contributed by atoms with Crippen molar-refractivity contribution < 1.29 is 28.6 Å². The van der Waals surface area contributed by atoms with Crippen LogP contribution < -0.4 is 0 Å². The molecule has 0 rings (SSSR count). The Kier molecular flexibility index (Phi) is 47.4. The molecule has 352 valence electrons. The van der Waals surface area contributed by atoms with E-state index in [1.807, 2.05) is 0 Å². The van der Waals surface area contributed by atoms with Gasteiger partial charge in [-0.2, -0.15) is 0 Å². The lowest BCUT2D eigenvalue weighted by atomic mass is 10.0. The minimum absolute atomic E-state index is 0.0798. The van der Waals surface area contributed by atoms with Crippen LogP contribution in [-0.2, 0) is 28.6 Å². The van der Waals surface area contributed by atoms with Crippen LogP contribution in [-0.4, -0.2) is 37.2 Å². The third-order valence-electron chi connectivity index (χ3n) is 11.0. The highest BCUT2D eigenvalue weighted by Crippen LogP contribution is 2.15. The monoisotopic (exact) mass is 853 g/mol. The average Bonchev–Trinajstić information content (AvgIpc) is 3.26. The van der Waals surface area contributed by atoms with Crippen LogP contribution >= 0.6 is 0 Å². The Balaban J connectivity index is 4.33. The number of hydrogen-bond donors (Lipinski definition) is 0. The van der Waals surface area contributed by atoms with Crippen molar-refractivity contribution in [1.82, 2.24) is 0 Å². The molecule has 0 aliphatic heterocycles. The zero-order valence-electron chi connectivity index (χ0n) is 40.2. The SMILES string of the molecule is CC/C=C\C/C=C\C/C=C\CCCCCCCCCCCC(=O)OCC(COC(=O)CCCCCCCCCCCCCC)OC(=O)CCCCCCC/C=C\C/C=C\CC. The first-order valence-corrected chi connectivity index (χ1v) is 25.8. The van der Waals surface area contributed by atoms with Crippen molar-refractivity contribution >= 4 is 17.9 Å². The van der Waals surface area contributed by atoms with E-state index in [0.29, 0.717) is 19.3 Å². The van der Waals surface area contributed by atoms with Crippen molar-refractivity contribution in [2.45, 2.75) is 258 Å². The van der Waals surface area contributed by atoms with E-state index in [1.54, 1.807) is 0 Å². The second-order valence-electron chi connectivity index (χ2n) is 17.0. The number of ether oxygens (including phenoxy) is 3. The van der Waals surface area contributed by atoms with Crippen LogP contribution in [0.5, 0.6) is 0 Å². The lowest BCUT2D eigenvalue weighted by molar-refractivity contribution is -0.167. The maximum absolute atomic E-state index is 12.8. The topological polar surface area (TPSA) is 78.9 Å². The Morgan fingerprint density at radius 3 is 1.00 bits per heavy atom. The highest BCUT2D eigenvalue weighted by atomic mass is 16.6. The highest BCUT2D eigenvalue weighted by molar-refractivity contribution is 5.71. The molecule has 0 aromatic rings. The van der Waals surface area contributed by atoms with E-state index in [9.17, 15) is 14.4 Å². The van der Waals surface area contributed by atoms with E-state index in [0.717, 1.165) is 109 Å². The summed E-state index contributed by atoms with van der Waals surface area (Å²) in [5.41, 5.74) is 0. The van der Waals surface area contributed by atoms with E-state index >= 15 is 0 Å². The van der Waals surface area contributed by atoms with Crippen molar-refractivity contribution in [3.05, 3.63) is 60.8 Å². The van der Waals surface area contributed by atoms with Gasteiger partial charge in [0.15, 0.2) is 6.10 Å². The predicted molar refractivity (Wildman–Crippen MR) is 261 cm³/mol. The van der Waals surface area contributed by atoms with Gasteiger partial charge in [-0.15, -0.1) is 0 Å². The van der Waals surface area contributed by atoms with E-state index in [2.05, 4.69) is 81.5 Å². The molecule has 0 radical (unpaired) electrons. The molecule has 6 heteroatoms. The first-order valence-electron chi connectivity index (χ1n) is 25.8. The van der Waals surface area contributed by atoms with E-state index in [4.69, 9.17) is 14.2 Å². The molecule has 0 spiro atoms. The summed E-state index contributed by atoms with van der Waals surface area (Å²) < 4.78 is 16.8. The van der Waals surface area contributed by atoms with Gasteiger partial charge in [0.25, 0.3) is 0 Å². The van der Waals surface area contributed by atoms with Crippen LogP contribution in [0.3, 0.4) is 0 Å². The second-order valence-corrected chi connectivity index (χ2v) is 17.0. The van der Waals surface area contributed by atoms with Gasteiger partial charge in [-0.3, -0.25) is 14.4 Å². The van der Waals surface area contributed by atoms with Crippen LogP contribution in [0.25, 0.3) is 0 Å². The molecule has 0 saturated carbocycles. The maximum atomic E-state index is 12.8. The van der Waals surface area contributed by atoms with Gasteiger partial charge in [0.1, 0.15) is 13.2 Å². The van der Waals surface area contributed by atoms with E-state index in [-0.39, 0.29) is 31.1 Å². The van der Waals surface area contributed by atoms with Crippen molar-refractivity contribution in [2.75, 3.05) is 13.2 Å². The summed E-state index contributed by atoms with van der Waals surface area (Å²) in [6, 6.07) is 0. The predicted octanol–water partition coefficient (Wildman–Crippen LogP) is 16.9. The van der Waals surface area contributed by atoms with Gasteiger partial charge in [0.2, 0.25) is 0 Å².